The summed E-state index contributed by atoms with van der Waals surface area (Å²) in [7, 11) is 0. The maximum Gasteiger partial charge on any atom is 0.255 e. The average molecular weight is 459 g/mol. The van der Waals surface area contributed by atoms with Crippen molar-refractivity contribution in [3.05, 3.63) is 94.5 Å². The van der Waals surface area contributed by atoms with Crippen molar-refractivity contribution < 1.29 is 9.59 Å². The first-order valence-electron chi connectivity index (χ1n) is 11.2. The third-order valence-corrected chi connectivity index (χ3v) is 7.03. The minimum absolute atomic E-state index is 0.0511. The number of hydrogen-bond acceptors (Lipinski definition) is 3. The van der Waals surface area contributed by atoms with Gasteiger partial charge in [0, 0.05) is 16.9 Å². The monoisotopic (exact) mass is 458 g/mol. The number of nitrogens with one attached hydrogen (secondary N) is 1. The van der Waals surface area contributed by atoms with E-state index >= 15 is 0 Å². The fraction of sp³-hybridized carbons (Fsp3) is 0.286. The van der Waals surface area contributed by atoms with Crippen LogP contribution >= 0.6 is 11.8 Å². The molecule has 1 fully saturated rings. The Morgan fingerprint density at radius 2 is 1.55 bits per heavy atom. The molecule has 1 N–H and O–H groups in total. The number of rotatable bonds is 4. The van der Waals surface area contributed by atoms with Crippen LogP contribution in [0.25, 0.3) is 0 Å². The molecule has 170 valence electrons. The molecule has 2 amide bonds. The third-order valence-electron chi connectivity index (χ3n) is 5.82. The molecule has 0 radical (unpaired) electrons. The fourth-order valence-electron chi connectivity index (χ4n) is 4.10. The predicted octanol–water partition coefficient (Wildman–Crippen LogP) is 6.63. The van der Waals surface area contributed by atoms with E-state index in [9.17, 15) is 9.59 Å². The van der Waals surface area contributed by atoms with Gasteiger partial charge in [-0.15, -0.1) is 11.8 Å². The van der Waals surface area contributed by atoms with Gasteiger partial charge in [-0.25, -0.2) is 0 Å². The maximum atomic E-state index is 12.7. The van der Waals surface area contributed by atoms with Crippen molar-refractivity contribution in [3.8, 4) is 0 Å². The lowest BCUT2D eigenvalue weighted by atomic mass is 9.87. The summed E-state index contributed by atoms with van der Waals surface area (Å²) in [4.78, 5) is 27.3. The van der Waals surface area contributed by atoms with Crippen molar-refractivity contribution in [2.24, 2.45) is 0 Å². The Balaban J connectivity index is 1.49. The van der Waals surface area contributed by atoms with Gasteiger partial charge in [0.2, 0.25) is 5.91 Å². The van der Waals surface area contributed by atoms with E-state index in [2.05, 4.69) is 44.3 Å². The summed E-state index contributed by atoms with van der Waals surface area (Å²) >= 11 is 1.63. The van der Waals surface area contributed by atoms with Crippen LogP contribution in [0.15, 0.2) is 66.7 Å². The zero-order valence-electron chi connectivity index (χ0n) is 19.8. The zero-order chi connectivity index (χ0) is 23.8. The second-order valence-electron chi connectivity index (χ2n) is 9.68. The van der Waals surface area contributed by atoms with Gasteiger partial charge in [0.05, 0.1) is 5.75 Å². The van der Waals surface area contributed by atoms with E-state index in [0.717, 1.165) is 28.1 Å². The lowest BCUT2D eigenvalue weighted by Crippen LogP contribution is -2.28. The highest BCUT2D eigenvalue weighted by Gasteiger charge is 2.34. The Morgan fingerprint density at radius 3 is 2.12 bits per heavy atom. The molecular formula is C28H30N2O2S. The van der Waals surface area contributed by atoms with Crippen molar-refractivity contribution in [2.45, 2.75) is 45.4 Å². The lowest BCUT2D eigenvalue weighted by Gasteiger charge is -2.25. The minimum atomic E-state index is -0.134. The summed E-state index contributed by atoms with van der Waals surface area (Å²) in [6.45, 7) is 10.6. The Hall–Kier alpha value is -3.05. The number of hydrogen-bond donors (Lipinski definition) is 1. The second kappa shape index (κ2) is 9.06. The first-order chi connectivity index (χ1) is 15.6. The number of anilines is 2. The molecule has 0 aliphatic carbocycles. The number of carbonyl (C=O) groups excluding carboxylic acids is 2. The smallest absolute Gasteiger partial charge is 0.255 e. The summed E-state index contributed by atoms with van der Waals surface area (Å²) in [6, 6.07) is 21.8. The van der Waals surface area contributed by atoms with Gasteiger partial charge in [0.15, 0.2) is 0 Å². The molecular weight excluding hydrogens is 428 g/mol. The number of amides is 2. The Kier molecular flexibility index (Phi) is 6.35. The summed E-state index contributed by atoms with van der Waals surface area (Å²) in [5, 5.41) is 2.90. The number of thioether (sulfide) groups is 1. The molecule has 0 bridgehead atoms. The third kappa shape index (κ3) is 5.14. The van der Waals surface area contributed by atoms with Crippen LogP contribution in [-0.4, -0.2) is 17.6 Å². The topological polar surface area (TPSA) is 49.4 Å². The maximum absolute atomic E-state index is 12.7. The van der Waals surface area contributed by atoms with Crippen LogP contribution < -0.4 is 10.2 Å². The molecule has 1 atom stereocenters. The fourth-order valence-corrected chi connectivity index (χ4v) is 5.27. The Bertz CT molecular complexity index is 1160. The molecule has 33 heavy (non-hydrogen) atoms. The van der Waals surface area contributed by atoms with E-state index in [1.807, 2.05) is 67.3 Å². The van der Waals surface area contributed by atoms with Gasteiger partial charge < -0.3 is 5.32 Å². The Morgan fingerprint density at radius 1 is 0.939 bits per heavy atom. The van der Waals surface area contributed by atoms with E-state index in [1.165, 1.54) is 5.56 Å². The highest BCUT2D eigenvalue weighted by atomic mass is 32.2. The van der Waals surface area contributed by atoms with Gasteiger partial charge in [0.1, 0.15) is 5.37 Å². The normalized spacial score (nSPS) is 16.2. The molecule has 1 unspecified atom stereocenters. The van der Waals surface area contributed by atoms with Crippen LogP contribution in [0.3, 0.4) is 0 Å². The highest BCUT2D eigenvalue weighted by Crippen LogP contribution is 2.42. The van der Waals surface area contributed by atoms with Crippen LogP contribution in [0, 0.1) is 13.8 Å². The molecule has 0 saturated carbocycles. The summed E-state index contributed by atoms with van der Waals surface area (Å²) < 4.78 is 0. The first-order valence-corrected chi connectivity index (χ1v) is 12.2. The quantitative estimate of drug-likeness (QED) is 0.477. The van der Waals surface area contributed by atoms with Crippen LogP contribution in [0.2, 0.25) is 0 Å². The molecule has 5 heteroatoms. The zero-order valence-corrected chi connectivity index (χ0v) is 20.6. The number of aryl methyl sites for hydroxylation is 2. The first kappa shape index (κ1) is 23.1. The van der Waals surface area contributed by atoms with Crippen LogP contribution in [0.4, 0.5) is 11.4 Å². The standard InChI is InChI=1S/C28H30N2O2S/c1-18-14-19(2)16-24(15-18)30-25(31)17-33-27(30)21-8-12-23(13-9-21)29-26(32)20-6-10-22(11-7-20)28(3,4)5/h6-16,27H,17H2,1-5H3,(H,29,32). The highest BCUT2D eigenvalue weighted by molar-refractivity contribution is 8.00. The van der Waals surface area contributed by atoms with Gasteiger partial charge in [-0.05, 0) is 77.9 Å². The molecule has 1 saturated heterocycles. The molecule has 1 aliphatic rings. The minimum Gasteiger partial charge on any atom is -0.322 e. The molecule has 3 aromatic carbocycles. The largest absolute Gasteiger partial charge is 0.322 e. The van der Waals surface area contributed by atoms with Crippen LogP contribution in [-0.2, 0) is 10.2 Å². The second-order valence-corrected chi connectivity index (χ2v) is 10.7. The van der Waals surface area contributed by atoms with Crippen molar-refractivity contribution >= 4 is 35.0 Å². The number of benzene rings is 3. The molecule has 4 nitrogen and oxygen atoms in total. The van der Waals surface area contributed by atoms with Crippen LogP contribution in [0.5, 0.6) is 0 Å². The predicted molar refractivity (Wildman–Crippen MR) is 138 cm³/mol. The number of nitrogens with zero attached hydrogens (tertiary/aromatic N) is 1. The molecule has 0 aromatic heterocycles. The van der Waals surface area contributed by atoms with E-state index < -0.39 is 0 Å². The van der Waals surface area contributed by atoms with E-state index in [-0.39, 0.29) is 22.6 Å². The van der Waals surface area contributed by atoms with Crippen LogP contribution in [0.1, 0.15) is 58.8 Å². The number of carbonyl (C=O) groups is 2. The SMILES string of the molecule is Cc1cc(C)cc(N2C(=O)CSC2c2ccc(NC(=O)c3ccc(C(C)(C)C)cc3)cc2)c1. The van der Waals surface area contributed by atoms with Gasteiger partial charge in [-0.1, -0.05) is 51.1 Å². The lowest BCUT2D eigenvalue weighted by molar-refractivity contribution is -0.115. The molecule has 1 aliphatic heterocycles. The van der Waals surface area contributed by atoms with Gasteiger partial charge in [0.25, 0.3) is 5.91 Å². The molecule has 0 spiro atoms. The summed E-state index contributed by atoms with van der Waals surface area (Å²) in [5.74, 6) is 0.442. The van der Waals surface area contributed by atoms with Gasteiger partial charge >= 0.3 is 0 Å². The van der Waals surface area contributed by atoms with E-state index in [4.69, 9.17) is 0 Å². The summed E-state index contributed by atoms with van der Waals surface area (Å²) in [6.07, 6.45) is 0. The van der Waals surface area contributed by atoms with Crippen molar-refractivity contribution in [2.75, 3.05) is 16.0 Å². The van der Waals surface area contributed by atoms with E-state index in [1.54, 1.807) is 11.8 Å². The molecule has 3 aromatic rings. The summed E-state index contributed by atoms with van der Waals surface area (Å²) in [5.41, 5.74) is 6.86. The van der Waals surface area contributed by atoms with Crippen molar-refractivity contribution in [1.82, 2.24) is 0 Å². The van der Waals surface area contributed by atoms with E-state index in [0.29, 0.717) is 11.3 Å². The molecule has 4 rings (SSSR count). The Labute approximate surface area is 200 Å². The van der Waals surface area contributed by atoms with Crippen molar-refractivity contribution in [1.29, 1.82) is 0 Å². The average Bonchev–Trinajstić information content (AvgIpc) is 3.14. The van der Waals surface area contributed by atoms with Gasteiger partial charge in [-0.2, -0.15) is 0 Å². The van der Waals surface area contributed by atoms with Gasteiger partial charge in [-0.3, -0.25) is 14.5 Å². The molecule has 1 heterocycles. The van der Waals surface area contributed by atoms with Crippen molar-refractivity contribution in [3.63, 3.8) is 0 Å².